The number of fused-ring (bicyclic) bond motifs is 1. The van der Waals surface area contributed by atoms with Crippen LogP contribution in [-0.4, -0.2) is 19.6 Å². The van der Waals surface area contributed by atoms with E-state index in [-0.39, 0.29) is 26.5 Å². The number of rotatable bonds is 5. The van der Waals surface area contributed by atoms with Gasteiger partial charge in [-0.2, -0.15) is 58.7 Å². The van der Waals surface area contributed by atoms with Gasteiger partial charge in [0.1, 0.15) is 0 Å². The Labute approximate surface area is 237 Å². The van der Waals surface area contributed by atoms with Gasteiger partial charge in [-0.25, -0.2) is 0 Å². The van der Waals surface area contributed by atoms with Crippen LogP contribution in [-0.2, 0) is 26.5 Å². The van der Waals surface area contributed by atoms with Crippen LogP contribution in [0.15, 0.2) is 109 Å². The van der Waals surface area contributed by atoms with E-state index in [1.165, 1.54) is 5.56 Å². The van der Waals surface area contributed by atoms with Gasteiger partial charge in [0.15, 0.2) is 11.6 Å². The number of nitrogens with zero attached hydrogens (tertiary/aromatic N) is 5. The first-order chi connectivity index (χ1) is 18.0. The van der Waals surface area contributed by atoms with E-state index in [1.54, 1.807) is 0 Å². The van der Waals surface area contributed by atoms with Gasteiger partial charge >= 0.3 is 21.1 Å². The molecule has 0 aliphatic rings. The Kier molecular flexibility index (Phi) is 7.05. The molecule has 6 rings (SSSR count). The fourth-order valence-corrected chi connectivity index (χ4v) is 4.48. The van der Waals surface area contributed by atoms with Gasteiger partial charge in [0, 0.05) is 23.3 Å². The summed E-state index contributed by atoms with van der Waals surface area (Å²) in [5, 5.41) is 11.1. The fourth-order valence-electron chi connectivity index (χ4n) is 4.48. The molecule has 38 heavy (non-hydrogen) atoms. The molecular formula is C32H27N5Pt. The van der Waals surface area contributed by atoms with Gasteiger partial charge in [0.2, 0.25) is 0 Å². The molecular weight excluding hydrogens is 649 g/mol. The van der Waals surface area contributed by atoms with Crippen molar-refractivity contribution in [1.29, 1.82) is 0 Å². The Morgan fingerprint density at radius 1 is 0.711 bits per heavy atom. The third-order valence-corrected chi connectivity index (χ3v) is 6.44. The van der Waals surface area contributed by atoms with E-state index < -0.39 is 0 Å². The molecule has 4 aromatic carbocycles. The van der Waals surface area contributed by atoms with E-state index in [0.717, 1.165) is 39.6 Å². The normalized spacial score (nSPS) is 11.3. The van der Waals surface area contributed by atoms with Gasteiger partial charge in [-0.3, -0.25) is 14.3 Å². The maximum Gasteiger partial charge on any atom is 2.00 e. The number of anilines is 3. The van der Waals surface area contributed by atoms with Gasteiger partial charge in [-0.05, 0) is 46.6 Å². The van der Waals surface area contributed by atoms with Crippen molar-refractivity contribution >= 4 is 28.2 Å². The quantitative estimate of drug-likeness (QED) is 0.177. The van der Waals surface area contributed by atoms with E-state index >= 15 is 0 Å². The summed E-state index contributed by atoms with van der Waals surface area (Å²) in [6.45, 7) is 6.68. The summed E-state index contributed by atoms with van der Waals surface area (Å²) < 4.78 is 3.79. The average Bonchev–Trinajstić information content (AvgIpc) is 3.56. The molecule has 0 radical (unpaired) electrons. The van der Waals surface area contributed by atoms with Crippen LogP contribution in [0.5, 0.6) is 0 Å². The summed E-state index contributed by atoms with van der Waals surface area (Å²) in [4.78, 5) is 2.12. The van der Waals surface area contributed by atoms with Crippen molar-refractivity contribution < 1.29 is 21.1 Å². The molecule has 2 heterocycles. The van der Waals surface area contributed by atoms with Gasteiger partial charge in [-0.1, -0.05) is 45.0 Å². The van der Waals surface area contributed by atoms with Crippen molar-refractivity contribution in [3.8, 4) is 11.4 Å². The van der Waals surface area contributed by atoms with E-state index in [1.807, 2.05) is 82.3 Å². The van der Waals surface area contributed by atoms with E-state index in [0.29, 0.717) is 0 Å². The zero-order valence-electron chi connectivity index (χ0n) is 21.4. The molecule has 0 fully saturated rings. The largest absolute Gasteiger partial charge is 2.00 e. The molecule has 0 atom stereocenters. The molecule has 190 valence electrons. The Bertz CT molecular complexity index is 1650. The van der Waals surface area contributed by atoms with E-state index in [9.17, 15) is 0 Å². The number of hydrogen-bond donors (Lipinski definition) is 0. The maximum atomic E-state index is 5.12. The predicted molar refractivity (Wildman–Crippen MR) is 149 cm³/mol. The van der Waals surface area contributed by atoms with Gasteiger partial charge < -0.3 is 0 Å². The van der Waals surface area contributed by atoms with Crippen LogP contribution in [0.25, 0.3) is 22.3 Å². The first kappa shape index (κ1) is 25.7. The van der Waals surface area contributed by atoms with Gasteiger partial charge in [0.05, 0.1) is 5.52 Å². The second kappa shape index (κ2) is 10.4. The molecule has 6 heteroatoms. The number of para-hydroxylation sites is 3. The number of benzene rings is 4. The SMILES string of the molecule is CC(C)(C)c1ccc(N(c2ccn(-c3[c-]cccc3)n2)c2nn(-c3[c-]cccc3)c3ccccc23)cc1.[Pt+2]. The third kappa shape index (κ3) is 4.82. The molecule has 0 saturated heterocycles. The second-order valence-corrected chi connectivity index (χ2v) is 10.00. The van der Waals surface area contributed by atoms with Crippen LogP contribution in [0.2, 0.25) is 0 Å². The van der Waals surface area contributed by atoms with Crippen molar-refractivity contribution in [2.24, 2.45) is 0 Å². The van der Waals surface area contributed by atoms with Crippen LogP contribution < -0.4 is 4.90 Å². The standard InChI is InChI=1S/C32H27N5.Pt/c1-32(2,3)24-18-20-26(21-19-24)36(30-22-23-35(33-30)25-12-6-4-7-13-25)31-28-16-10-11-17-29(28)37(34-31)27-14-8-5-9-15-27;/h4-12,14,16-23H,1-3H3;/q-2;+2. The van der Waals surface area contributed by atoms with Crippen LogP contribution in [0, 0.1) is 12.1 Å². The molecule has 6 aromatic rings. The minimum absolute atomic E-state index is 0. The van der Waals surface area contributed by atoms with E-state index in [4.69, 9.17) is 10.2 Å². The summed E-state index contributed by atoms with van der Waals surface area (Å²) in [6.07, 6.45) is 1.96. The average molecular weight is 677 g/mol. The summed E-state index contributed by atoms with van der Waals surface area (Å²) >= 11 is 0. The van der Waals surface area contributed by atoms with Gasteiger partial charge in [-0.15, -0.1) is 12.1 Å². The van der Waals surface area contributed by atoms with Crippen molar-refractivity contribution in [2.75, 3.05) is 4.90 Å². The summed E-state index contributed by atoms with van der Waals surface area (Å²) in [6, 6.07) is 41.3. The predicted octanol–water partition coefficient (Wildman–Crippen LogP) is 7.58. The van der Waals surface area contributed by atoms with Crippen molar-refractivity contribution in [1.82, 2.24) is 19.6 Å². The third-order valence-electron chi connectivity index (χ3n) is 6.44. The first-order valence-corrected chi connectivity index (χ1v) is 12.4. The molecule has 0 aliphatic carbocycles. The van der Waals surface area contributed by atoms with E-state index in [2.05, 4.69) is 74.2 Å². The first-order valence-electron chi connectivity index (χ1n) is 12.4. The summed E-state index contributed by atoms with van der Waals surface area (Å²) in [5.41, 5.74) is 5.10. The minimum Gasteiger partial charge on any atom is -0.276 e. The molecule has 0 unspecified atom stereocenters. The molecule has 0 spiro atoms. The zero-order valence-corrected chi connectivity index (χ0v) is 23.7. The molecule has 0 saturated carbocycles. The molecule has 0 aliphatic heterocycles. The number of aromatic nitrogens is 4. The summed E-state index contributed by atoms with van der Waals surface area (Å²) in [5.74, 6) is 1.58. The fraction of sp³-hybridized carbons (Fsp3) is 0.125. The maximum absolute atomic E-state index is 5.12. The minimum atomic E-state index is 0. The molecule has 2 aromatic heterocycles. The Hall–Kier alpha value is -3.95. The van der Waals surface area contributed by atoms with Gasteiger partial charge in [0.25, 0.3) is 0 Å². The van der Waals surface area contributed by atoms with Crippen molar-refractivity contribution in [3.63, 3.8) is 0 Å². The second-order valence-electron chi connectivity index (χ2n) is 10.00. The van der Waals surface area contributed by atoms with Crippen molar-refractivity contribution in [2.45, 2.75) is 26.2 Å². The van der Waals surface area contributed by atoms with Crippen molar-refractivity contribution in [3.05, 3.63) is 127 Å². The van der Waals surface area contributed by atoms with Crippen LogP contribution in [0.4, 0.5) is 17.3 Å². The smallest absolute Gasteiger partial charge is 0.276 e. The van der Waals surface area contributed by atoms with Crippen LogP contribution >= 0.6 is 0 Å². The van der Waals surface area contributed by atoms with Crippen LogP contribution in [0.3, 0.4) is 0 Å². The molecule has 0 N–H and O–H groups in total. The molecule has 0 bridgehead atoms. The zero-order chi connectivity index (χ0) is 25.4. The topological polar surface area (TPSA) is 38.9 Å². The monoisotopic (exact) mass is 676 g/mol. The summed E-state index contributed by atoms with van der Waals surface area (Å²) in [7, 11) is 0. The Morgan fingerprint density at radius 3 is 2.03 bits per heavy atom. The van der Waals surface area contributed by atoms with Crippen LogP contribution in [0.1, 0.15) is 26.3 Å². The Balaban J connectivity index is 0.00000294. The number of hydrogen-bond acceptors (Lipinski definition) is 3. The Morgan fingerprint density at radius 2 is 1.37 bits per heavy atom. The molecule has 0 amide bonds. The molecule has 5 nitrogen and oxygen atoms in total.